The zero-order valence-electron chi connectivity index (χ0n) is 17.0. The van der Waals surface area contributed by atoms with Crippen LogP contribution in [0.15, 0.2) is 36.8 Å². The van der Waals surface area contributed by atoms with Crippen LogP contribution < -0.4 is 5.73 Å². The van der Waals surface area contributed by atoms with E-state index >= 15 is 0 Å². The number of nitrogens with zero attached hydrogens (tertiary/aromatic N) is 6. The van der Waals surface area contributed by atoms with E-state index in [0.29, 0.717) is 17.7 Å². The molecule has 0 aliphatic carbocycles. The number of hydrogen-bond acceptors (Lipinski definition) is 6. The average molecular weight is 415 g/mol. The maximum absolute atomic E-state index is 14.3. The predicted octanol–water partition coefficient (Wildman–Crippen LogP) is 2.21. The second kappa shape index (κ2) is 8.95. The van der Waals surface area contributed by atoms with Gasteiger partial charge in [0.15, 0.2) is 17.5 Å². The molecule has 0 atom stereocenters. The molecule has 1 amide bonds. The largest absolute Gasteiger partial charge is 0.383 e. The highest BCUT2D eigenvalue weighted by Gasteiger charge is 2.20. The van der Waals surface area contributed by atoms with Gasteiger partial charge >= 0.3 is 0 Å². The molecular weight excluding hydrogens is 392 g/mol. The van der Waals surface area contributed by atoms with Gasteiger partial charge in [0.05, 0.1) is 16.8 Å². The van der Waals surface area contributed by atoms with Gasteiger partial charge in [-0.25, -0.2) is 13.8 Å². The Morgan fingerprint density at radius 3 is 2.70 bits per heavy atom. The molecule has 0 radical (unpaired) electrons. The smallest absolute Gasteiger partial charge is 0.255 e. The number of anilines is 1. The lowest BCUT2D eigenvalue weighted by Crippen LogP contribution is -2.30. The van der Waals surface area contributed by atoms with Crippen molar-refractivity contribution in [3.8, 4) is 17.1 Å². The van der Waals surface area contributed by atoms with Crippen LogP contribution in [0.5, 0.6) is 0 Å². The highest BCUT2D eigenvalue weighted by molar-refractivity contribution is 5.95. The van der Waals surface area contributed by atoms with E-state index in [4.69, 9.17) is 5.73 Å². The van der Waals surface area contributed by atoms with E-state index < -0.39 is 11.6 Å². The van der Waals surface area contributed by atoms with Crippen molar-refractivity contribution >= 4 is 11.7 Å². The zero-order valence-corrected chi connectivity index (χ0v) is 17.0. The Morgan fingerprint density at radius 2 is 1.97 bits per heavy atom. The van der Waals surface area contributed by atoms with Crippen LogP contribution in [0.2, 0.25) is 0 Å². The van der Waals surface area contributed by atoms with Gasteiger partial charge in [-0.1, -0.05) is 6.07 Å². The highest BCUT2D eigenvalue weighted by Crippen LogP contribution is 2.27. The van der Waals surface area contributed by atoms with Gasteiger partial charge in [-0.2, -0.15) is 0 Å². The van der Waals surface area contributed by atoms with E-state index in [2.05, 4.69) is 15.2 Å². The van der Waals surface area contributed by atoms with Crippen molar-refractivity contribution in [2.24, 2.45) is 0 Å². The van der Waals surface area contributed by atoms with E-state index in [0.717, 1.165) is 19.0 Å². The number of benzene rings is 1. The molecule has 0 fully saturated rings. The molecule has 30 heavy (non-hydrogen) atoms. The lowest BCUT2D eigenvalue weighted by Gasteiger charge is -2.19. The second-order valence-electron chi connectivity index (χ2n) is 7.14. The number of hydrogen-bond donors (Lipinski definition) is 1. The van der Waals surface area contributed by atoms with E-state index in [1.165, 1.54) is 35.3 Å². The van der Waals surface area contributed by atoms with Gasteiger partial charge in [-0.3, -0.25) is 9.36 Å². The molecule has 10 heteroatoms. The molecule has 158 valence electrons. The summed E-state index contributed by atoms with van der Waals surface area (Å²) in [6, 6.07) is 5.32. The molecule has 3 rings (SSSR count). The van der Waals surface area contributed by atoms with Crippen molar-refractivity contribution in [3.63, 3.8) is 0 Å². The fourth-order valence-electron chi connectivity index (χ4n) is 2.99. The van der Waals surface area contributed by atoms with E-state index in [1.54, 1.807) is 11.9 Å². The maximum atomic E-state index is 14.3. The van der Waals surface area contributed by atoms with E-state index in [1.807, 2.05) is 19.0 Å². The van der Waals surface area contributed by atoms with E-state index in [-0.39, 0.29) is 23.2 Å². The van der Waals surface area contributed by atoms with E-state index in [9.17, 15) is 13.6 Å². The molecule has 0 saturated carbocycles. The van der Waals surface area contributed by atoms with Crippen LogP contribution in [0, 0.1) is 11.6 Å². The van der Waals surface area contributed by atoms with Gasteiger partial charge in [0.2, 0.25) is 0 Å². The second-order valence-corrected chi connectivity index (χ2v) is 7.14. The van der Waals surface area contributed by atoms with Crippen LogP contribution in [0.25, 0.3) is 17.1 Å². The molecule has 0 bridgehead atoms. The third kappa shape index (κ3) is 4.43. The van der Waals surface area contributed by atoms with Crippen LogP contribution in [0.1, 0.15) is 16.8 Å². The van der Waals surface area contributed by atoms with Gasteiger partial charge < -0.3 is 15.5 Å². The minimum absolute atomic E-state index is 0.0769. The van der Waals surface area contributed by atoms with Gasteiger partial charge in [0.25, 0.3) is 5.91 Å². The molecule has 0 saturated heterocycles. The lowest BCUT2D eigenvalue weighted by molar-refractivity contribution is 0.0790. The Labute approximate surface area is 172 Å². The summed E-state index contributed by atoms with van der Waals surface area (Å²) in [6.07, 6.45) is 3.44. The summed E-state index contributed by atoms with van der Waals surface area (Å²) in [4.78, 5) is 20.5. The normalized spacial score (nSPS) is 11.1. The van der Waals surface area contributed by atoms with Crippen LogP contribution in [-0.2, 0) is 0 Å². The van der Waals surface area contributed by atoms with Crippen LogP contribution >= 0.6 is 0 Å². The molecule has 0 unspecified atom stereocenters. The number of nitrogens with two attached hydrogens (primary N) is 1. The van der Waals surface area contributed by atoms with Crippen LogP contribution in [-0.4, -0.2) is 69.7 Å². The average Bonchev–Trinajstić information content (AvgIpc) is 3.19. The van der Waals surface area contributed by atoms with Crippen molar-refractivity contribution in [1.29, 1.82) is 0 Å². The Kier molecular flexibility index (Phi) is 6.36. The standard InChI is InChI=1S/C20H23F2N7O/c1-27(2)8-5-9-28(3)20(30)13-10-14(18(23)24-11-13)19-26-25-12-29(19)16-7-4-6-15(21)17(16)22/h4,6-7,10-12H,5,8-9H2,1-3H3,(H2,23,24). The van der Waals surface area contributed by atoms with Crippen molar-refractivity contribution in [3.05, 3.63) is 54.0 Å². The molecule has 2 aromatic heterocycles. The van der Waals surface area contributed by atoms with Crippen molar-refractivity contribution in [1.82, 2.24) is 29.5 Å². The SMILES string of the molecule is CN(C)CCCN(C)C(=O)c1cnc(N)c(-c2nncn2-c2cccc(F)c2F)c1. The molecule has 8 nitrogen and oxygen atoms in total. The summed E-state index contributed by atoms with van der Waals surface area (Å²) >= 11 is 0. The van der Waals surface area contributed by atoms with Crippen LogP contribution in [0.4, 0.5) is 14.6 Å². The first-order chi connectivity index (χ1) is 14.3. The minimum atomic E-state index is -1.04. The number of halogens is 2. The number of aromatic nitrogens is 4. The zero-order chi connectivity index (χ0) is 21.8. The highest BCUT2D eigenvalue weighted by atomic mass is 19.2. The fraction of sp³-hybridized carbons (Fsp3) is 0.300. The van der Waals surface area contributed by atoms with Gasteiger partial charge in [-0.05, 0) is 45.3 Å². The summed E-state index contributed by atoms with van der Waals surface area (Å²) in [5.74, 6) is -2.03. The van der Waals surface area contributed by atoms with Crippen molar-refractivity contribution < 1.29 is 13.6 Å². The van der Waals surface area contributed by atoms with Crippen molar-refractivity contribution in [2.45, 2.75) is 6.42 Å². The molecule has 3 aromatic rings. The summed E-state index contributed by atoms with van der Waals surface area (Å²) < 4.78 is 29.2. The Hall–Kier alpha value is -3.40. The molecule has 0 aliphatic heterocycles. The minimum Gasteiger partial charge on any atom is -0.383 e. The maximum Gasteiger partial charge on any atom is 0.255 e. The fourth-order valence-corrected chi connectivity index (χ4v) is 2.99. The van der Waals surface area contributed by atoms with Gasteiger partial charge in [0.1, 0.15) is 12.1 Å². The predicted molar refractivity (Wildman–Crippen MR) is 109 cm³/mol. The molecular formula is C20H23F2N7O. The first-order valence-corrected chi connectivity index (χ1v) is 9.30. The summed E-state index contributed by atoms with van der Waals surface area (Å²) in [5.41, 5.74) is 6.52. The quantitative estimate of drug-likeness (QED) is 0.636. The first-order valence-electron chi connectivity index (χ1n) is 9.30. The van der Waals surface area contributed by atoms with Gasteiger partial charge in [-0.15, -0.1) is 10.2 Å². The lowest BCUT2D eigenvalue weighted by atomic mass is 10.1. The summed E-state index contributed by atoms with van der Waals surface area (Å²) in [6.45, 7) is 1.42. The summed E-state index contributed by atoms with van der Waals surface area (Å²) in [7, 11) is 5.64. The first kappa shape index (κ1) is 21.3. The third-order valence-corrected chi connectivity index (χ3v) is 4.59. The number of rotatable bonds is 7. The Morgan fingerprint density at radius 1 is 1.20 bits per heavy atom. The molecule has 2 heterocycles. The Balaban J connectivity index is 1.93. The number of amides is 1. The number of carbonyl (C=O) groups is 1. The van der Waals surface area contributed by atoms with Gasteiger partial charge in [0, 0.05) is 19.8 Å². The van der Waals surface area contributed by atoms with Crippen LogP contribution in [0.3, 0.4) is 0 Å². The molecule has 2 N–H and O–H groups in total. The topological polar surface area (TPSA) is 93.2 Å². The number of pyridine rings is 1. The molecule has 0 spiro atoms. The molecule has 0 aliphatic rings. The number of nitrogen functional groups attached to an aromatic ring is 1. The Bertz CT molecular complexity index is 1050. The third-order valence-electron chi connectivity index (χ3n) is 4.59. The molecule has 1 aromatic carbocycles. The number of carbonyl (C=O) groups excluding carboxylic acids is 1. The van der Waals surface area contributed by atoms with Crippen molar-refractivity contribution in [2.75, 3.05) is 40.0 Å². The summed E-state index contributed by atoms with van der Waals surface area (Å²) in [5, 5.41) is 7.78. The monoisotopic (exact) mass is 415 g/mol.